The molecule has 1 aromatic carbocycles. The lowest BCUT2D eigenvalue weighted by molar-refractivity contribution is 0.532. The molecular weight excluding hydrogens is 201 g/mol. The average Bonchev–Trinajstić information content (AvgIpc) is 2.28. The molecule has 0 bridgehead atoms. The van der Waals surface area contributed by atoms with E-state index < -0.39 is 0 Å². The zero-order valence-electron chi connectivity index (χ0n) is 9.89. The van der Waals surface area contributed by atoms with Gasteiger partial charge >= 0.3 is 0 Å². The van der Waals surface area contributed by atoms with E-state index in [4.69, 9.17) is 0 Å². The van der Waals surface area contributed by atoms with E-state index in [1.807, 2.05) is 19.1 Å². The smallest absolute Gasteiger partial charge is 0.126 e. The summed E-state index contributed by atoms with van der Waals surface area (Å²) in [5.74, 6) is 5.72. The number of hydrogen-bond acceptors (Lipinski definition) is 1. The van der Waals surface area contributed by atoms with Crippen molar-refractivity contribution in [1.82, 2.24) is 5.32 Å². The number of nitrogens with one attached hydrogen (secondary N) is 1. The molecule has 0 aliphatic rings. The zero-order valence-corrected chi connectivity index (χ0v) is 9.89. The van der Waals surface area contributed by atoms with Gasteiger partial charge < -0.3 is 5.32 Å². The van der Waals surface area contributed by atoms with Gasteiger partial charge in [0.05, 0.1) is 0 Å². The highest BCUT2D eigenvalue weighted by Gasteiger charge is 2.05. The second-order valence-corrected chi connectivity index (χ2v) is 3.83. The molecule has 0 fully saturated rings. The maximum absolute atomic E-state index is 13.3. The lowest BCUT2D eigenvalue weighted by Gasteiger charge is -2.13. The van der Waals surface area contributed by atoms with E-state index in [0.29, 0.717) is 6.42 Å². The van der Waals surface area contributed by atoms with Crippen molar-refractivity contribution in [3.05, 3.63) is 35.6 Å². The van der Waals surface area contributed by atoms with Crippen LogP contribution in [-0.4, -0.2) is 12.6 Å². The first kappa shape index (κ1) is 12.7. The summed E-state index contributed by atoms with van der Waals surface area (Å²) in [7, 11) is 0. The van der Waals surface area contributed by atoms with Crippen LogP contribution in [0, 0.1) is 17.7 Å². The van der Waals surface area contributed by atoms with Crippen LogP contribution >= 0.6 is 0 Å². The highest BCUT2D eigenvalue weighted by atomic mass is 19.1. The molecule has 0 saturated carbocycles. The monoisotopic (exact) mass is 219 g/mol. The molecule has 2 heteroatoms. The topological polar surface area (TPSA) is 12.0 Å². The van der Waals surface area contributed by atoms with Crippen molar-refractivity contribution < 1.29 is 4.39 Å². The summed E-state index contributed by atoms with van der Waals surface area (Å²) in [6.45, 7) is 4.76. The molecule has 1 nitrogen and oxygen atoms in total. The molecule has 1 unspecified atom stereocenters. The molecule has 1 aromatic rings. The molecule has 0 radical (unpaired) electrons. The number of rotatable bonds is 5. The maximum Gasteiger partial charge on any atom is 0.126 e. The van der Waals surface area contributed by atoms with Gasteiger partial charge in [-0.1, -0.05) is 18.2 Å². The van der Waals surface area contributed by atoms with E-state index in [9.17, 15) is 4.39 Å². The lowest BCUT2D eigenvalue weighted by atomic mass is 10.1. The summed E-state index contributed by atoms with van der Waals surface area (Å²) in [5, 5.41) is 3.32. The van der Waals surface area contributed by atoms with Crippen LogP contribution in [-0.2, 0) is 6.42 Å². The van der Waals surface area contributed by atoms with Gasteiger partial charge in [-0.05, 0) is 31.9 Å². The number of halogens is 1. The third kappa shape index (κ3) is 4.46. The van der Waals surface area contributed by atoms with Gasteiger partial charge in [0, 0.05) is 19.0 Å². The van der Waals surface area contributed by atoms with Gasteiger partial charge in [-0.3, -0.25) is 0 Å². The standard InChI is InChI=1S/C14H18FN/c1-3-4-7-10-16-12(2)11-13-8-5-6-9-14(13)15/h5-6,8-9,12,16H,7,10-11H2,1-2H3. The first-order valence-corrected chi connectivity index (χ1v) is 5.60. The molecular formula is C14H18FN. The van der Waals surface area contributed by atoms with Crippen LogP contribution in [0.1, 0.15) is 25.8 Å². The van der Waals surface area contributed by atoms with Crippen molar-refractivity contribution in [2.45, 2.75) is 32.7 Å². The van der Waals surface area contributed by atoms with E-state index in [-0.39, 0.29) is 11.9 Å². The predicted molar refractivity (Wildman–Crippen MR) is 65.6 cm³/mol. The van der Waals surface area contributed by atoms with Gasteiger partial charge in [-0.2, -0.15) is 0 Å². The fourth-order valence-electron chi connectivity index (χ4n) is 1.57. The van der Waals surface area contributed by atoms with E-state index >= 15 is 0 Å². The predicted octanol–water partition coefficient (Wildman–Crippen LogP) is 2.76. The largest absolute Gasteiger partial charge is 0.313 e. The second kappa shape index (κ2) is 7.03. The van der Waals surface area contributed by atoms with Gasteiger partial charge in [0.1, 0.15) is 5.82 Å². The Labute approximate surface area is 97.1 Å². The zero-order chi connectivity index (χ0) is 11.8. The van der Waals surface area contributed by atoms with E-state index in [0.717, 1.165) is 18.5 Å². The van der Waals surface area contributed by atoms with Crippen LogP contribution in [0.25, 0.3) is 0 Å². The molecule has 0 aliphatic heterocycles. The van der Waals surface area contributed by atoms with Crippen LogP contribution in [0.2, 0.25) is 0 Å². The Hall–Kier alpha value is -1.33. The third-order valence-electron chi connectivity index (χ3n) is 2.40. The van der Waals surface area contributed by atoms with Crippen molar-refractivity contribution in [2.24, 2.45) is 0 Å². The summed E-state index contributed by atoms with van der Waals surface area (Å²) in [6.07, 6.45) is 1.56. The van der Waals surface area contributed by atoms with Crippen molar-refractivity contribution in [1.29, 1.82) is 0 Å². The molecule has 16 heavy (non-hydrogen) atoms. The molecule has 0 saturated heterocycles. The molecule has 1 atom stereocenters. The summed E-state index contributed by atoms with van der Waals surface area (Å²) >= 11 is 0. The minimum Gasteiger partial charge on any atom is -0.313 e. The molecule has 0 aliphatic carbocycles. The Kier molecular flexibility index (Phi) is 5.60. The SMILES string of the molecule is CC#CCCNC(C)Cc1ccccc1F. The highest BCUT2D eigenvalue weighted by molar-refractivity contribution is 5.18. The maximum atomic E-state index is 13.3. The molecule has 0 aromatic heterocycles. The molecule has 0 amide bonds. The normalized spacial score (nSPS) is 11.7. The summed E-state index contributed by atoms with van der Waals surface area (Å²) in [5.41, 5.74) is 0.768. The molecule has 86 valence electrons. The Morgan fingerprint density at radius 1 is 1.38 bits per heavy atom. The first-order chi connectivity index (χ1) is 7.74. The van der Waals surface area contributed by atoms with E-state index in [2.05, 4.69) is 24.1 Å². The van der Waals surface area contributed by atoms with Gasteiger partial charge in [0.15, 0.2) is 0 Å². The summed E-state index contributed by atoms with van der Waals surface area (Å²) in [6, 6.07) is 7.20. The fourth-order valence-corrected chi connectivity index (χ4v) is 1.57. The number of benzene rings is 1. The number of hydrogen-bond donors (Lipinski definition) is 1. The molecule has 1 rings (SSSR count). The van der Waals surface area contributed by atoms with Crippen LogP contribution < -0.4 is 5.32 Å². The van der Waals surface area contributed by atoms with E-state index in [1.54, 1.807) is 6.07 Å². The van der Waals surface area contributed by atoms with Crippen LogP contribution in [0.5, 0.6) is 0 Å². The second-order valence-electron chi connectivity index (χ2n) is 3.83. The van der Waals surface area contributed by atoms with Gasteiger partial charge in [0.2, 0.25) is 0 Å². The molecule has 0 heterocycles. The van der Waals surface area contributed by atoms with Crippen molar-refractivity contribution in [2.75, 3.05) is 6.54 Å². The van der Waals surface area contributed by atoms with Crippen LogP contribution in [0.4, 0.5) is 4.39 Å². The quantitative estimate of drug-likeness (QED) is 0.593. The molecule has 1 N–H and O–H groups in total. The molecule has 0 spiro atoms. The first-order valence-electron chi connectivity index (χ1n) is 5.60. The van der Waals surface area contributed by atoms with Crippen molar-refractivity contribution in [3.8, 4) is 11.8 Å². The minimum absolute atomic E-state index is 0.121. The minimum atomic E-state index is -0.121. The Morgan fingerprint density at radius 3 is 2.81 bits per heavy atom. The van der Waals surface area contributed by atoms with Gasteiger partial charge in [-0.15, -0.1) is 11.8 Å². The van der Waals surface area contributed by atoms with E-state index in [1.165, 1.54) is 6.07 Å². The summed E-state index contributed by atoms with van der Waals surface area (Å²) < 4.78 is 13.3. The summed E-state index contributed by atoms with van der Waals surface area (Å²) in [4.78, 5) is 0. The van der Waals surface area contributed by atoms with Crippen molar-refractivity contribution >= 4 is 0 Å². The Bertz CT molecular complexity index is 376. The van der Waals surface area contributed by atoms with Crippen LogP contribution in [0.15, 0.2) is 24.3 Å². The van der Waals surface area contributed by atoms with Crippen LogP contribution in [0.3, 0.4) is 0 Å². The lowest BCUT2D eigenvalue weighted by Crippen LogP contribution is -2.29. The Morgan fingerprint density at radius 2 is 2.12 bits per heavy atom. The van der Waals surface area contributed by atoms with Gasteiger partial charge in [-0.25, -0.2) is 4.39 Å². The average molecular weight is 219 g/mol. The highest BCUT2D eigenvalue weighted by Crippen LogP contribution is 2.08. The Balaban J connectivity index is 2.36. The fraction of sp³-hybridized carbons (Fsp3) is 0.429. The van der Waals surface area contributed by atoms with Crippen molar-refractivity contribution in [3.63, 3.8) is 0 Å². The third-order valence-corrected chi connectivity index (χ3v) is 2.40. The van der Waals surface area contributed by atoms with Gasteiger partial charge in [0.25, 0.3) is 0 Å².